The molecule has 0 unspecified atom stereocenters. The van der Waals surface area contributed by atoms with Crippen molar-refractivity contribution >= 4 is 5.91 Å². The summed E-state index contributed by atoms with van der Waals surface area (Å²) in [5.74, 6) is 0.984. The maximum absolute atomic E-state index is 12.3. The second kappa shape index (κ2) is 5.63. The molecular formula is C15H19N5O. The molecule has 6 heteroatoms. The molecule has 1 saturated heterocycles. The molecule has 0 radical (unpaired) electrons. The summed E-state index contributed by atoms with van der Waals surface area (Å²) in [5, 5.41) is 4.29. The van der Waals surface area contributed by atoms with Crippen molar-refractivity contribution in [3.05, 3.63) is 36.0 Å². The fourth-order valence-electron chi connectivity index (χ4n) is 2.58. The van der Waals surface area contributed by atoms with E-state index in [0.717, 1.165) is 31.6 Å². The van der Waals surface area contributed by atoms with Crippen LogP contribution in [-0.2, 0) is 0 Å². The minimum atomic E-state index is 0.0498. The molecule has 0 saturated carbocycles. The van der Waals surface area contributed by atoms with E-state index in [1.54, 1.807) is 29.5 Å². The van der Waals surface area contributed by atoms with Crippen LogP contribution < -0.4 is 0 Å². The highest BCUT2D eigenvalue weighted by Crippen LogP contribution is 2.19. The van der Waals surface area contributed by atoms with Gasteiger partial charge in [-0.2, -0.15) is 5.10 Å². The van der Waals surface area contributed by atoms with Crippen LogP contribution in [0.3, 0.4) is 0 Å². The highest BCUT2D eigenvalue weighted by Gasteiger charge is 2.21. The van der Waals surface area contributed by atoms with Crippen LogP contribution >= 0.6 is 0 Å². The zero-order valence-corrected chi connectivity index (χ0v) is 12.4. The Labute approximate surface area is 123 Å². The van der Waals surface area contributed by atoms with Crippen molar-refractivity contribution < 1.29 is 4.79 Å². The minimum absolute atomic E-state index is 0.0498. The normalized spacial score (nSPS) is 14.9. The van der Waals surface area contributed by atoms with Gasteiger partial charge in [0.1, 0.15) is 0 Å². The van der Waals surface area contributed by atoms with Crippen LogP contribution in [0.1, 0.15) is 48.7 Å². The van der Waals surface area contributed by atoms with Crippen molar-refractivity contribution in [1.29, 1.82) is 0 Å². The maximum Gasteiger partial charge on any atom is 0.257 e. The third-order valence-corrected chi connectivity index (χ3v) is 3.69. The third kappa shape index (κ3) is 2.66. The predicted molar refractivity (Wildman–Crippen MR) is 78.4 cm³/mol. The summed E-state index contributed by atoms with van der Waals surface area (Å²) in [5.41, 5.74) is 1.48. The smallest absolute Gasteiger partial charge is 0.257 e. The average Bonchev–Trinajstić information content (AvgIpc) is 3.18. The molecule has 110 valence electrons. The summed E-state index contributed by atoms with van der Waals surface area (Å²) in [6.45, 7) is 5.80. The van der Waals surface area contributed by atoms with Gasteiger partial charge in [0, 0.05) is 31.7 Å². The van der Waals surface area contributed by atoms with Gasteiger partial charge in [0.2, 0.25) is 0 Å². The molecular weight excluding hydrogens is 266 g/mol. The lowest BCUT2D eigenvalue weighted by molar-refractivity contribution is 0.0793. The zero-order valence-electron chi connectivity index (χ0n) is 12.4. The Bertz CT molecular complexity index is 643. The summed E-state index contributed by atoms with van der Waals surface area (Å²) in [6, 6.07) is 0. The van der Waals surface area contributed by atoms with E-state index in [1.165, 1.54) is 0 Å². The van der Waals surface area contributed by atoms with Gasteiger partial charge in [0.05, 0.1) is 17.5 Å². The van der Waals surface area contributed by atoms with Gasteiger partial charge in [0.25, 0.3) is 5.91 Å². The van der Waals surface area contributed by atoms with Crippen molar-refractivity contribution in [3.63, 3.8) is 0 Å². The van der Waals surface area contributed by atoms with E-state index in [1.807, 2.05) is 4.90 Å². The predicted octanol–water partition coefficient (Wildman–Crippen LogP) is 2.02. The van der Waals surface area contributed by atoms with Gasteiger partial charge < -0.3 is 4.90 Å². The Morgan fingerprint density at radius 1 is 1.19 bits per heavy atom. The largest absolute Gasteiger partial charge is 0.339 e. The number of carbonyl (C=O) groups excluding carboxylic acids is 1. The Morgan fingerprint density at radius 2 is 1.90 bits per heavy atom. The molecule has 0 aliphatic carbocycles. The SMILES string of the molecule is CC(C)c1nccnc1-n1cc(C(=O)N2CCCC2)cn1. The fraction of sp³-hybridized carbons (Fsp3) is 0.467. The van der Waals surface area contributed by atoms with Crippen molar-refractivity contribution in [2.75, 3.05) is 13.1 Å². The number of nitrogens with zero attached hydrogens (tertiary/aromatic N) is 5. The van der Waals surface area contributed by atoms with Gasteiger partial charge in [-0.3, -0.25) is 9.78 Å². The third-order valence-electron chi connectivity index (χ3n) is 3.69. The van der Waals surface area contributed by atoms with Crippen molar-refractivity contribution in [2.24, 2.45) is 0 Å². The quantitative estimate of drug-likeness (QED) is 0.865. The number of rotatable bonds is 3. The average molecular weight is 285 g/mol. The summed E-state index contributed by atoms with van der Waals surface area (Å²) < 4.78 is 1.64. The number of aromatic nitrogens is 4. The van der Waals surface area contributed by atoms with E-state index in [2.05, 4.69) is 28.9 Å². The molecule has 1 amide bonds. The molecule has 0 bridgehead atoms. The van der Waals surface area contributed by atoms with Crippen LogP contribution in [-0.4, -0.2) is 43.6 Å². The number of amides is 1. The van der Waals surface area contributed by atoms with Crippen LogP contribution in [0, 0.1) is 0 Å². The van der Waals surface area contributed by atoms with Crippen LogP contribution in [0.2, 0.25) is 0 Å². The van der Waals surface area contributed by atoms with E-state index >= 15 is 0 Å². The number of hydrogen-bond donors (Lipinski definition) is 0. The molecule has 0 atom stereocenters. The van der Waals surface area contributed by atoms with Gasteiger partial charge in [-0.1, -0.05) is 13.8 Å². The standard InChI is InChI=1S/C15H19N5O/c1-11(2)13-14(17-6-5-16-13)20-10-12(9-18-20)15(21)19-7-3-4-8-19/h5-6,9-11H,3-4,7-8H2,1-2H3. The van der Waals surface area contributed by atoms with Crippen LogP contribution in [0.5, 0.6) is 0 Å². The first-order valence-corrected chi connectivity index (χ1v) is 7.32. The molecule has 2 aromatic rings. The Hall–Kier alpha value is -2.24. The summed E-state index contributed by atoms with van der Waals surface area (Å²) in [7, 11) is 0. The minimum Gasteiger partial charge on any atom is -0.339 e. The van der Waals surface area contributed by atoms with Gasteiger partial charge in [0.15, 0.2) is 5.82 Å². The lowest BCUT2D eigenvalue weighted by Gasteiger charge is -2.13. The molecule has 1 aliphatic rings. The molecule has 1 aliphatic heterocycles. The zero-order chi connectivity index (χ0) is 14.8. The molecule has 3 heterocycles. The van der Waals surface area contributed by atoms with Gasteiger partial charge >= 0.3 is 0 Å². The number of carbonyl (C=O) groups is 1. The molecule has 3 rings (SSSR count). The molecule has 21 heavy (non-hydrogen) atoms. The van der Waals surface area contributed by atoms with E-state index in [0.29, 0.717) is 11.4 Å². The first-order chi connectivity index (χ1) is 10.2. The second-order valence-corrected chi connectivity index (χ2v) is 5.59. The molecule has 0 N–H and O–H groups in total. The van der Waals surface area contributed by atoms with Crippen LogP contribution in [0.15, 0.2) is 24.8 Å². The number of hydrogen-bond acceptors (Lipinski definition) is 4. The van der Waals surface area contributed by atoms with Crippen LogP contribution in [0.4, 0.5) is 0 Å². The molecule has 0 aromatic carbocycles. The first-order valence-electron chi connectivity index (χ1n) is 7.32. The topological polar surface area (TPSA) is 63.9 Å². The maximum atomic E-state index is 12.3. The van der Waals surface area contributed by atoms with Crippen molar-refractivity contribution in [2.45, 2.75) is 32.6 Å². The monoisotopic (exact) mass is 285 g/mol. The van der Waals surface area contributed by atoms with E-state index in [-0.39, 0.29) is 11.8 Å². The highest BCUT2D eigenvalue weighted by atomic mass is 16.2. The first kappa shape index (κ1) is 13.7. The Balaban J connectivity index is 1.90. The van der Waals surface area contributed by atoms with E-state index < -0.39 is 0 Å². The Kier molecular flexibility index (Phi) is 3.68. The van der Waals surface area contributed by atoms with Gasteiger partial charge in [-0.25, -0.2) is 9.67 Å². The second-order valence-electron chi connectivity index (χ2n) is 5.59. The summed E-state index contributed by atoms with van der Waals surface area (Å²) >= 11 is 0. The number of likely N-dealkylation sites (tertiary alicyclic amines) is 1. The van der Waals surface area contributed by atoms with Crippen LogP contribution in [0.25, 0.3) is 5.82 Å². The van der Waals surface area contributed by atoms with Gasteiger partial charge in [-0.15, -0.1) is 0 Å². The summed E-state index contributed by atoms with van der Waals surface area (Å²) in [4.78, 5) is 22.9. The van der Waals surface area contributed by atoms with E-state index in [4.69, 9.17) is 0 Å². The lowest BCUT2D eigenvalue weighted by Crippen LogP contribution is -2.27. The summed E-state index contributed by atoms with van der Waals surface area (Å²) in [6.07, 6.45) is 8.85. The molecule has 2 aromatic heterocycles. The highest BCUT2D eigenvalue weighted by molar-refractivity contribution is 5.94. The van der Waals surface area contributed by atoms with Gasteiger partial charge in [-0.05, 0) is 18.8 Å². The molecule has 1 fully saturated rings. The Morgan fingerprint density at radius 3 is 2.62 bits per heavy atom. The lowest BCUT2D eigenvalue weighted by atomic mass is 10.1. The molecule has 0 spiro atoms. The van der Waals surface area contributed by atoms with Crippen molar-refractivity contribution in [3.8, 4) is 5.82 Å². The van der Waals surface area contributed by atoms with E-state index in [9.17, 15) is 4.79 Å². The van der Waals surface area contributed by atoms with Crippen molar-refractivity contribution in [1.82, 2.24) is 24.6 Å². The fourth-order valence-corrected chi connectivity index (χ4v) is 2.58. The molecule has 6 nitrogen and oxygen atoms in total.